The standard InChI is InChI=1S/C19H30N4O/c1-15(20)14-22-18(24)16-2-6-19(7-3-16)8-12-23(13-9-19)17-4-10-21-11-5-17/h4-5,10-11,15-16H,2-3,6-9,12-14,20H2,1H3,(H,22,24). The summed E-state index contributed by atoms with van der Waals surface area (Å²) >= 11 is 0. The molecule has 0 bridgehead atoms. The third-order valence-corrected chi connectivity index (χ3v) is 5.87. The van der Waals surface area contributed by atoms with Crippen LogP contribution in [-0.4, -0.2) is 36.6 Å². The summed E-state index contributed by atoms with van der Waals surface area (Å²) in [7, 11) is 0. The Bertz CT molecular complexity index is 528. The second-order valence-electron chi connectivity index (χ2n) is 7.69. The van der Waals surface area contributed by atoms with Crippen molar-refractivity contribution in [1.82, 2.24) is 10.3 Å². The maximum atomic E-state index is 12.2. The average Bonchev–Trinajstić information content (AvgIpc) is 2.62. The zero-order valence-corrected chi connectivity index (χ0v) is 14.7. The van der Waals surface area contributed by atoms with Crippen LogP contribution >= 0.6 is 0 Å². The largest absolute Gasteiger partial charge is 0.371 e. The predicted molar refractivity (Wildman–Crippen MR) is 96.7 cm³/mol. The lowest BCUT2D eigenvalue weighted by Gasteiger charge is -2.46. The minimum absolute atomic E-state index is 0.0291. The van der Waals surface area contributed by atoms with Gasteiger partial charge >= 0.3 is 0 Å². The van der Waals surface area contributed by atoms with Crippen molar-refractivity contribution in [1.29, 1.82) is 0 Å². The molecule has 3 rings (SSSR count). The Kier molecular flexibility index (Phi) is 5.39. The van der Waals surface area contributed by atoms with Gasteiger partial charge in [0.1, 0.15) is 0 Å². The molecule has 1 aliphatic heterocycles. The Morgan fingerprint density at radius 1 is 1.29 bits per heavy atom. The second kappa shape index (κ2) is 7.51. The van der Waals surface area contributed by atoms with E-state index in [-0.39, 0.29) is 17.9 Å². The molecule has 1 aromatic rings. The molecule has 5 nitrogen and oxygen atoms in total. The number of amides is 1. The Hall–Kier alpha value is -1.62. The highest BCUT2D eigenvalue weighted by molar-refractivity contribution is 5.78. The summed E-state index contributed by atoms with van der Waals surface area (Å²) in [5.41, 5.74) is 7.46. The molecule has 1 spiro atoms. The molecule has 2 heterocycles. The molecule has 3 N–H and O–H groups in total. The highest BCUT2D eigenvalue weighted by Crippen LogP contribution is 2.46. The number of aromatic nitrogens is 1. The Morgan fingerprint density at radius 3 is 2.50 bits per heavy atom. The average molecular weight is 330 g/mol. The summed E-state index contributed by atoms with van der Waals surface area (Å²) in [6, 6.07) is 4.22. The molecular formula is C19H30N4O. The molecular weight excluding hydrogens is 300 g/mol. The monoisotopic (exact) mass is 330 g/mol. The maximum absolute atomic E-state index is 12.2. The van der Waals surface area contributed by atoms with Crippen molar-refractivity contribution in [3.8, 4) is 0 Å². The van der Waals surface area contributed by atoms with Gasteiger partial charge in [0.15, 0.2) is 0 Å². The fourth-order valence-corrected chi connectivity index (χ4v) is 4.19. The quantitative estimate of drug-likeness (QED) is 0.889. The lowest BCUT2D eigenvalue weighted by Crippen LogP contribution is -2.44. The van der Waals surface area contributed by atoms with Crippen LogP contribution in [-0.2, 0) is 4.79 Å². The van der Waals surface area contributed by atoms with E-state index >= 15 is 0 Å². The molecule has 2 fully saturated rings. The number of pyridine rings is 1. The molecule has 1 unspecified atom stereocenters. The van der Waals surface area contributed by atoms with E-state index in [1.54, 1.807) is 0 Å². The summed E-state index contributed by atoms with van der Waals surface area (Å²) in [4.78, 5) is 18.8. The molecule has 5 heteroatoms. The van der Waals surface area contributed by atoms with Crippen LogP contribution in [0.2, 0.25) is 0 Å². The summed E-state index contributed by atoms with van der Waals surface area (Å²) < 4.78 is 0. The normalized spacial score (nSPS) is 22.3. The Morgan fingerprint density at radius 2 is 1.92 bits per heavy atom. The molecule has 1 atom stereocenters. The lowest BCUT2D eigenvalue weighted by atomic mass is 9.65. The third-order valence-electron chi connectivity index (χ3n) is 5.87. The van der Waals surface area contributed by atoms with Crippen molar-refractivity contribution in [2.24, 2.45) is 17.1 Å². The first kappa shape index (κ1) is 17.2. The van der Waals surface area contributed by atoms with Crippen molar-refractivity contribution < 1.29 is 4.79 Å². The number of anilines is 1. The summed E-state index contributed by atoms with van der Waals surface area (Å²) in [6.07, 6.45) is 10.6. The van der Waals surface area contributed by atoms with Crippen molar-refractivity contribution in [2.45, 2.75) is 51.5 Å². The van der Waals surface area contributed by atoms with Crippen LogP contribution in [0.5, 0.6) is 0 Å². The number of nitrogens with one attached hydrogen (secondary N) is 1. The van der Waals surface area contributed by atoms with Crippen LogP contribution in [0.1, 0.15) is 45.4 Å². The number of hydrogen-bond donors (Lipinski definition) is 2. The number of nitrogens with zero attached hydrogens (tertiary/aromatic N) is 2. The van der Waals surface area contributed by atoms with E-state index in [4.69, 9.17) is 5.73 Å². The van der Waals surface area contributed by atoms with Crippen LogP contribution < -0.4 is 16.0 Å². The van der Waals surface area contributed by atoms with E-state index in [2.05, 4.69) is 27.3 Å². The molecule has 0 aromatic carbocycles. The van der Waals surface area contributed by atoms with Gasteiger partial charge in [-0.3, -0.25) is 9.78 Å². The van der Waals surface area contributed by atoms with Gasteiger partial charge in [-0.05, 0) is 63.0 Å². The molecule has 2 aliphatic rings. The van der Waals surface area contributed by atoms with E-state index in [0.29, 0.717) is 12.0 Å². The maximum Gasteiger partial charge on any atom is 0.223 e. The van der Waals surface area contributed by atoms with E-state index < -0.39 is 0 Å². The van der Waals surface area contributed by atoms with Crippen LogP contribution in [0, 0.1) is 11.3 Å². The van der Waals surface area contributed by atoms with Gasteiger partial charge in [-0.2, -0.15) is 0 Å². The van der Waals surface area contributed by atoms with Crippen molar-refractivity contribution in [3.05, 3.63) is 24.5 Å². The zero-order valence-electron chi connectivity index (χ0n) is 14.7. The SMILES string of the molecule is CC(N)CNC(=O)C1CCC2(CC1)CCN(c1ccncc1)CC2. The second-order valence-corrected chi connectivity index (χ2v) is 7.69. The molecule has 1 saturated carbocycles. The van der Waals surface area contributed by atoms with Crippen LogP contribution in [0.25, 0.3) is 0 Å². The summed E-state index contributed by atoms with van der Waals surface area (Å²) in [5, 5.41) is 2.99. The number of piperidine rings is 1. The predicted octanol–water partition coefficient (Wildman–Crippen LogP) is 2.32. The molecule has 132 valence electrons. The van der Waals surface area contributed by atoms with Gasteiger partial charge < -0.3 is 16.0 Å². The molecule has 1 saturated heterocycles. The smallest absolute Gasteiger partial charge is 0.223 e. The number of hydrogen-bond acceptors (Lipinski definition) is 4. The van der Waals surface area contributed by atoms with Crippen molar-refractivity contribution in [2.75, 3.05) is 24.5 Å². The van der Waals surface area contributed by atoms with E-state index in [1.165, 1.54) is 31.4 Å². The summed E-state index contributed by atoms with van der Waals surface area (Å²) in [5.74, 6) is 0.393. The molecule has 0 radical (unpaired) electrons. The third kappa shape index (κ3) is 4.07. The van der Waals surface area contributed by atoms with Gasteiger partial charge in [0, 0.05) is 49.7 Å². The highest BCUT2D eigenvalue weighted by atomic mass is 16.1. The molecule has 1 amide bonds. The van der Waals surface area contributed by atoms with Gasteiger partial charge in [-0.25, -0.2) is 0 Å². The molecule has 1 aliphatic carbocycles. The van der Waals surface area contributed by atoms with Crippen LogP contribution in [0.4, 0.5) is 5.69 Å². The highest BCUT2D eigenvalue weighted by Gasteiger charge is 2.39. The van der Waals surface area contributed by atoms with Gasteiger partial charge in [0.05, 0.1) is 0 Å². The number of nitrogens with two attached hydrogens (primary N) is 1. The first-order valence-electron chi connectivity index (χ1n) is 9.26. The van der Waals surface area contributed by atoms with Crippen LogP contribution in [0.3, 0.4) is 0 Å². The summed E-state index contributed by atoms with van der Waals surface area (Å²) in [6.45, 7) is 4.74. The minimum Gasteiger partial charge on any atom is -0.371 e. The minimum atomic E-state index is 0.0291. The molecule has 1 aromatic heterocycles. The van der Waals surface area contributed by atoms with E-state index in [9.17, 15) is 4.79 Å². The van der Waals surface area contributed by atoms with Gasteiger partial charge in [0.2, 0.25) is 5.91 Å². The number of carbonyl (C=O) groups excluding carboxylic acids is 1. The topological polar surface area (TPSA) is 71.2 Å². The van der Waals surface area contributed by atoms with Crippen molar-refractivity contribution >= 4 is 11.6 Å². The van der Waals surface area contributed by atoms with Crippen molar-refractivity contribution in [3.63, 3.8) is 0 Å². The number of rotatable bonds is 4. The lowest BCUT2D eigenvalue weighted by molar-refractivity contribution is -0.127. The van der Waals surface area contributed by atoms with E-state index in [0.717, 1.165) is 25.9 Å². The fraction of sp³-hybridized carbons (Fsp3) is 0.684. The Labute approximate surface area is 145 Å². The Balaban J connectivity index is 1.48. The van der Waals surface area contributed by atoms with Gasteiger partial charge in [-0.15, -0.1) is 0 Å². The molecule has 24 heavy (non-hydrogen) atoms. The first-order chi connectivity index (χ1) is 11.6. The fourth-order valence-electron chi connectivity index (χ4n) is 4.19. The number of carbonyl (C=O) groups is 1. The first-order valence-corrected chi connectivity index (χ1v) is 9.26. The van der Waals surface area contributed by atoms with Gasteiger partial charge in [-0.1, -0.05) is 0 Å². The van der Waals surface area contributed by atoms with E-state index in [1.807, 2.05) is 19.3 Å². The van der Waals surface area contributed by atoms with Gasteiger partial charge in [0.25, 0.3) is 0 Å². The zero-order chi connectivity index (χ0) is 17.0. The van der Waals surface area contributed by atoms with Crippen LogP contribution in [0.15, 0.2) is 24.5 Å².